The summed E-state index contributed by atoms with van der Waals surface area (Å²) < 4.78 is 78.1. The van der Waals surface area contributed by atoms with Gasteiger partial charge in [-0.2, -0.15) is 26.3 Å². The summed E-state index contributed by atoms with van der Waals surface area (Å²) in [4.78, 5) is 57.3. The highest BCUT2D eigenvalue weighted by molar-refractivity contribution is 6.09. The number of hydrogen-bond acceptors (Lipinski definition) is 6. The standard InChI is InChI=1S/C37H38F3N3O2.C36H36F3N3O2/c1-2-3-23-41-36(45)34(29-9-5-4-6-10-29)43-24-21-27(22-25-43)26-15-19-31(20-16-26)42-35(44)33-12-8-7-11-32(33)28-13-17-30(18-14-28)37(38,39)40;1-2-22-40-35(44)33(28-8-4-3-5-9-28)42-23-20-26(21-24-42)25-14-18-30(19-15-25)41-34(43)32-11-7-6-10-31(32)27-12-16-29(17-13-27)36(37,38)39/h4-20,27,34H,2-3,21-25H2,1H3,(H,41,45)(H,42,44);3-19,26,33H,2,20-24H2,1H3,(H,40,44)(H,41,43). The minimum Gasteiger partial charge on any atom is -0.354 e. The number of nitrogens with one attached hydrogen (secondary N) is 4. The molecule has 2 atom stereocenters. The van der Waals surface area contributed by atoms with E-state index in [4.69, 9.17) is 0 Å². The number of benzene rings is 8. The third-order valence-electron chi connectivity index (χ3n) is 16.6. The van der Waals surface area contributed by atoms with E-state index in [2.05, 4.69) is 38.0 Å². The van der Waals surface area contributed by atoms with Gasteiger partial charge in [0.1, 0.15) is 12.1 Å². The first-order valence-corrected chi connectivity index (χ1v) is 30.5. The van der Waals surface area contributed by atoms with Gasteiger partial charge in [-0.3, -0.25) is 29.0 Å². The number of amides is 4. The lowest BCUT2D eigenvalue weighted by Crippen LogP contribution is -2.44. The molecule has 462 valence electrons. The van der Waals surface area contributed by atoms with Crippen LogP contribution in [0.4, 0.5) is 37.7 Å². The molecule has 2 heterocycles. The lowest BCUT2D eigenvalue weighted by atomic mass is 9.88. The van der Waals surface area contributed by atoms with Crippen molar-refractivity contribution in [2.75, 3.05) is 49.9 Å². The van der Waals surface area contributed by atoms with Gasteiger partial charge in [-0.15, -0.1) is 0 Å². The van der Waals surface area contributed by atoms with Crippen molar-refractivity contribution in [2.45, 2.75) is 95.1 Å². The summed E-state index contributed by atoms with van der Waals surface area (Å²) >= 11 is 0. The number of rotatable bonds is 19. The fraction of sp³-hybridized carbons (Fsp3) is 0.288. The van der Waals surface area contributed by atoms with Crippen molar-refractivity contribution >= 4 is 35.0 Å². The maximum Gasteiger partial charge on any atom is 0.416 e. The lowest BCUT2D eigenvalue weighted by molar-refractivity contribution is -0.138. The van der Waals surface area contributed by atoms with Crippen LogP contribution in [-0.4, -0.2) is 72.7 Å². The molecule has 16 heteroatoms. The average molecular weight is 1210 g/mol. The highest BCUT2D eigenvalue weighted by atomic mass is 19.4. The van der Waals surface area contributed by atoms with E-state index in [9.17, 15) is 45.5 Å². The topological polar surface area (TPSA) is 123 Å². The second-order valence-electron chi connectivity index (χ2n) is 22.6. The Bertz CT molecular complexity index is 3590. The summed E-state index contributed by atoms with van der Waals surface area (Å²) in [6.45, 7) is 8.67. The molecule has 4 N–H and O–H groups in total. The van der Waals surface area contributed by atoms with Crippen molar-refractivity contribution in [2.24, 2.45) is 0 Å². The summed E-state index contributed by atoms with van der Waals surface area (Å²) in [5.74, 6) is 0.0904. The van der Waals surface area contributed by atoms with E-state index in [-0.39, 0.29) is 35.7 Å². The number of halogens is 6. The number of carbonyl (C=O) groups excluding carboxylic acids is 4. The van der Waals surface area contributed by atoms with Gasteiger partial charge >= 0.3 is 12.4 Å². The highest BCUT2D eigenvalue weighted by Crippen LogP contribution is 2.38. The molecule has 89 heavy (non-hydrogen) atoms. The second-order valence-corrected chi connectivity index (χ2v) is 22.6. The Morgan fingerprint density at radius 3 is 1.12 bits per heavy atom. The van der Waals surface area contributed by atoms with Gasteiger partial charge in [0.05, 0.1) is 11.1 Å². The summed E-state index contributed by atoms with van der Waals surface area (Å²) in [5.41, 5.74) is 7.09. The molecule has 0 saturated carbocycles. The Hall–Kier alpha value is -8.86. The van der Waals surface area contributed by atoms with Gasteiger partial charge < -0.3 is 21.3 Å². The molecule has 8 aromatic carbocycles. The highest BCUT2D eigenvalue weighted by Gasteiger charge is 2.35. The first kappa shape index (κ1) is 64.6. The molecule has 8 aromatic rings. The van der Waals surface area contributed by atoms with Crippen LogP contribution in [0, 0.1) is 0 Å². The van der Waals surface area contributed by atoms with Crippen LogP contribution in [0.25, 0.3) is 22.3 Å². The van der Waals surface area contributed by atoms with Crippen LogP contribution in [0.2, 0.25) is 0 Å². The maximum absolute atomic E-state index is 13.2. The SMILES string of the molecule is CCCCNC(=O)C(c1ccccc1)N1CCC(c2ccc(NC(=O)c3ccccc3-c3ccc(C(F)(F)F)cc3)cc2)CC1.CCCNC(=O)C(c1ccccc1)N1CCC(c2ccc(NC(=O)c3ccccc3-c3ccc(C(F)(F)F)cc3)cc2)CC1. The monoisotopic (exact) mass is 1210 g/mol. The molecule has 2 aliphatic rings. The van der Waals surface area contributed by atoms with Crippen molar-refractivity contribution in [1.82, 2.24) is 20.4 Å². The fourth-order valence-corrected chi connectivity index (χ4v) is 11.8. The Balaban J connectivity index is 0.000000211. The number of anilines is 2. The Kier molecular flexibility index (Phi) is 22.0. The number of carbonyl (C=O) groups is 4. The van der Waals surface area contributed by atoms with Crippen molar-refractivity contribution in [3.63, 3.8) is 0 Å². The van der Waals surface area contributed by atoms with E-state index < -0.39 is 23.5 Å². The van der Waals surface area contributed by atoms with Gasteiger partial charge in [-0.05, 0) is 182 Å². The molecule has 2 saturated heterocycles. The minimum atomic E-state index is -4.42. The van der Waals surface area contributed by atoms with Gasteiger partial charge in [0.2, 0.25) is 11.8 Å². The molecule has 2 fully saturated rings. The van der Waals surface area contributed by atoms with Crippen molar-refractivity contribution < 1.29 is 45.5 Å². The number of alkyl halides is 6. The van der Waals surface area contributed by atoms with Crippen molar-refractivity contribution in [3.05, 3.63) is 251 Å². The number of likely N-dealkylation sites (tertiary alicyclic amines) is 2. The average Bonchev–Trinajstić information content (AvgIpc) is 1.74. The van der Waals surface area contributed by atoms with E-state index in [1.807, 2.05) is 116 Å². The molecule has 0 aliphatic carbocycles. The molecule has 0 bridgehead atoms. The first-order valence-electron chi connectivity index (χ1n) is 30.5. The molecular formula is C73H74F6N6O4. The van der Waals surface area contributed by atoms with Gasteiger partial charge in [0.15, 0.2) is 0 Å². The summed E-state index contributed by atoms with van der Waals surface area (Å²) in [6.07, 6.45) is -2.32. The van der Waals surface area contributed by atoms with Crippen LogP contribution in [0.3, 0.4) is 0 Å². The molecule has 0 aromatic heterocycles. The van der Waals surface area contributed by atoms with Gasteiger partial charge in [-0.1, -0.05) is 166 Å². The number of piperidine rings is 2. The largest absolute Gasteiger partial charge is 0.416 e. The summed E-state index contributed by atoms with van der Waals surface area (Å²) in [6, 6.07) is 58.3. The third-order valence-corrected chi connectivity index (χ3v) is 16.6. The molecule has 0 spiro atoms. The lowest BCUT2D eigenvalue weighted by Gasteiger charge is -2.37. The molecule has 4 amide bonds. The van der Waals surface area contributed by atoms with E-state index in [1.165, 1.54) is 35.4 Å². The minimum absolute atomic E-state index is 0.0384. The van der Waals surface area contributed by atoms with Crippen LogP contribution in [-0.2, 0) is 21.9 Å². The fourth-order valence-electron chi connectivity index (χ4n) is 11.8. The molecule has 10 nitrogen and oxygen atoms in total. The van der Waals surface area contributed by atoms with Gasteiger partial charge in [-0.25, -0.2) is 0 Å². The predicted octanol–water partition coefficient (Wildman–Crippen LogP) is 16.5. The second kappa shape index (κ2) is 30.4. The van der Waals surface area contributed by atoms with Crippen molar-refractivity contribution in [3.8, 4) is 22.3 Å². The zero-order valence-corrected chi connectivity index (χ0v) is 49.9. The van der Waals surface area contributed by atoms with Crippen LogP contribution >= 0.6 is 0 Å². The summed E-state index contributed by atoms with van der Waals surface area (Å²) in [7, 11) is 0. The van der Waals surface area contributed by atoms with Crippen LogP contribution < -0.4 is 21.3 Å². The Morgan fingerprint density at radius 2 is 0.775 bits per heavy atom. The zero-order valence-electron chi connectivity index (χ0n) is 49.9. The summed E-state index contributed by atoms with van der Waals surface area (Å²) in [5, 5.41) is 12.1. The normalized spacial score (nSPS) is 15.0. The van der Waals surface area contributed by atoms with Crippen LogP contribution in [0.5, 0.6) is 0 Å². The maximum atomic E-state index is 13.2. The Labute approximate surface area is 516 Å². The third kappa shape index (κ3) is 17.1. The quantitative estimate of drug-likeness (QED) is 0.0472. The Morgan fingerprint density at radius 1 is 0.427 bits per heavy atom. The molecular weight excluding hydrogens is 1140 g/mol. The van der Waals surface area contributed by atoms with E-state index in [1.54, 1.807) is 48.5 Å². The zero-order chi connectivity index (χ0) is 62.9. The van der Waals surface area contributed by atoms with Gasteiger partial charge in [0, 0.05) is 35.6 Å². The van der Waals surface area contributed by atoms with Crippen LogP contribution in [0.15, 0.2) is 206 Å². The first-order chi connectivity index (χ1) is 43.0. The number of unbranched alkanes of at least 4 members (excludes halogenated alkanes) is 1. The van der Waals surface area contributed by atoms with E-state index in [0.29, 0.717) is 69.7 Å². The molecule has 0 radical (unpaired) electrons. The van der Waals surface area contributed by atoms with Crippen molar-refractivity contribution in [1.29, 1.82) is 0 Å². The van der Waals surface area contributed by atoms with Gasteiger partial charge in [0.25, 0.3) is 11.8 Å². The predicted molar refractivity (Wildman–Crippen MR) is 339 cm³/mol. The molecule has 10 rings (SSSR count). The van der Waals surface area contributed by atoms with Crippen LogP contribution in [0.1, 0.15) is 137 Å². The number of nitrogens with zero attached hydrogens (tertiary/aromatic N) is 2. The number of hydrogen-bond donors (Lipinski definition) is 4. The molecule has 2 unspecified atom stereocenters. The van der Waals surface area contributed by atoms with E-state index >= 15 is 0 Å². The molecule has 2 aliphatic heterocycles. The van der Waals surface area contributed by atoms with E-state index in [0.717, 1.165) is 107 Å². The smallest absolute Gasteiger partial charge is 0.354 e.